The summed E-state index contributed by atoms with van der Waals surface area (Å²) in [7, 11) is 3.55. The number of methoxy groups -OCH3 is 1. The number of nitrogens with zero attached hydrogens (tertiary/aromatic N) is 1. The normalized spacial score (nSPS) is 16.7. The van der Waals surface area contributed by atoms with E-state index in [0.29, 0.717) is 35.8 Å². The van der Waals surface area contributed by atoms with Gasteiger partial charge in [0.05, 0.1) is 7.11 Å². The van der Waals surface area contributed by atoms with E-state index >= 15 is 0 Å². The second-order valence-electron chi connectivity index (χ2n) is 5.17. The fourth-order valence-electron chi connectivity index (χ4n) is 2.50. The van der Waals surface area contributed by atoms with Gasteiger partial charge >= 0.3 is 0 Å². The predicted molar refractivity (Wildman–Crippen MR) is 76.7 cm³/mol. The maximum absolute atomic E-state index is 10.1. The number of phenolic OH excluding ortho intramolecular Hbond substituents is 1. The summed E-state index contributed by atoms with van der Waals surface area (Å²) in [5.41, 5.74) is 6.61. The van der Waals surface area contributed by atoms with Crippen LogP contribution >= 0.6 is 11.6 Å². The lowest BCUT2D eigenvalue weighted by atomic mass is 10.1. The van der Waals surface area contributed by atoms with E-state index in [9.17, 15) is 5.11 Å². The second-order valence-corrected chi connectivity index (χ2v) is 5.61. The maximum Gasteiger partial charge on any atom is 0.162 e. The molecule has 3 N–H and O–H groups in total. The topological polar surface area (TPSA) is 58.7 Å². The number of rotatable bonds is 6. The van der Waals surface area contributed by atoms with Gasteiger partial charge in [-0.25, -0.2) is 0 Å². The van der Waals surface area contributed by atoms with Crippen molar-refractivity contribution in [3.8, 4) is 11.5 Å². The number of halogens is 1. The highest BCUT2D eigenvalue weighted by Gasteiger charge is 2.33. The maximum atomic E-state index is 10.1. The monoisotopic (exact) mass is 284 g/mol. The molecule has 106 valence electrons. The van der Waals surface area contributed by atoms with Crippen LogP contribution in [0.4, 0.5) is 0 Å². The summed E-state index contributed by atoms with van der Waals surface area (Å²) in [6, 6.07) is 3.75. The summed E-state index contributed by atoms with van der Waals surface area (Å²) in [4.78, 5) is 2.18. The van der Waals surface area contributed by atoms with Crippen molar-refractivity contribution in [2.24, 2.45) is 11.7 Å². The summed E-state index contributed by atoms with van der Waals surface area (Å²) < 4.78 is 5.12. The lowest BCUT2D eigenvalue weighted by Gasteiger charge is -2.27. The number of hydrogen-bond donors (Lipinski definition) is 2. The molecule has 2 rings (SSSR count). The minimum absolute atomic E-state index is 0.158. The molecule has 1 aliphatic carbocycles. The highest BCUT2D eigenvalue weighted by atomic mass is 35.5. The fourth-order valence-corrected chi connectivity index (χ4v) is 2.73. The molecule has 0 radical (unpaired) electrons. The molecule has 5 heteroatoms. The number of aromatic hydroxyl groups is 1. The second kappa shape index (κ2) is 5.99. The number of benzene rings is 1. The van der Waals surface area contributed by atoms with Gasteiger partial charge in [0.1, 0.15) is 0 Å². The minimum Gasteiger partial charge on any atom is -0.504 e. The van der Waals surface area contributed by atoms with Crippen molar-refractivity contribution in [3.63, 3.8) is 0 Å². The Labute approximate surface area is 119 Å². The van der Waals surface area contributed by atoms with E-state index in [1.165, 1.54) is 20.0 Å². The smallest absolute Gasteiger partial charge is 0.162 e. The minimum atomic E-state index is 0.158. The number of phenols is 1. The third kappa shape index (κ3) is 3.32. The molecule has 4 nitrogen and oxygen atoms in total. The van der Waals surface area contributed by atoms with Crippen LogP contribution in [0.5, 0.6) is 11.5 Å². The van der Waals surface area contributed by atoms with Crippen LogP contribution in [0, 0.1) is 5.92 Å². The van der Waals surface area contributed by atoms with Gasteiger partial charge in [-0.05, 0) is 31.9 Å². The van der Waals surface area contributed by atoms with Crippen LogP contribution in [0.3, 0.4) is 0 Å². The van der Waals surface area contributed by atoms with Crippen LogP contribution in [-0.4, -0.2) is 36.8 Å². The van der Waals surface area contributed by atoms with Gasteiger partial charge in [-0.1, -0.05) is 11.6 Å². The van der Waals surface area contributed by atoms with Crippen molar-refractivity contribution in [2.75, 3.05) is 20.7 Å². The largest absolute Gasteiger partial charge is 0.504 e. The van der Waals surface area contributed by atoms with E-state index in [-0.39, 0.29) is 5.75 Å². The number of hydrogen-bond acceptors (Lipinski definition) is 4. The average Bonchev–Trinajstić information content (AvgIpc) is 3.18. The number of nitrogens with two attached hydrogens (primary N) is 1. The van der Waals surface area contributed by atoms with Crippen LogP contribution in [0.15, 0.2) is 12.1 Å². The first-order chi connectivity index (χ1) is 9.06. The van der Waals surface area contributed by atoms with Gasteiger partial charge < -0.3 is 15.6 Å². The van der Waals surface area contributed by atoms with Gasteiger partial charge in [0, 0.05) is 35.8 Å². The van der Waals surface area contributed by atoms with Crippen LogP contribution in [0.2, 0.25) is 5.02 Å². The van der Waals surface area contributed by atoms with E-state index in [1.807, 2.05) is 7.05 Å². The van der Waals surface area contributed by atoms with E-state index in [4.69, 9.17) is 22.1 Å². The molecule has 0 aromatic heterocycles. The zero-order valence-corrected chi connectivity index (χ0v) is 12.2. The SMILES string of the molecule is COc1cc(Cl)cc(CN(C)C(CN)C2CC2)c1O. The highest BCUT2D eigenvalue weighted by Crippen LogP contribution is 2.37. The Morgan fingerprint density at radius 2 is 2.21 bits per heavy atom. The molecule has 1 aromatic rings. The first-order valence-corrected chi connectivity index (χ1v) is 6.90. The fraction of sp³-hybridized carbons (Fsp3) is 0.571. The van der Waals surface area contributed by atoms with Crippen LogP contribution in [0.25, 0.3) is 0 Å². The molecule has 0 saturated heterocycles. The van der Waals surface area contributed by atoms with E-state index < -0.39 is 0 Å². The average molecular weight is 285 g/mol. The Kier molecular flexibility index (Phi) is 4.55. The highest BCUT2D eigenvalue weighted by molar-refractivity contribution is 6.30. The Balaban J connectivity index is 2.15. The van der Waals surface area contributed by atoms with Crippen molar-refractivity contribution in [1.29, 1.82) is 0 Å². The van der Waals surface area contributed by atoms with Gasteiger partial charge in [0.15, 0.2) is 11.5 Å². The Morgan fingerprint density at radius 3 is 2.74 bits per heavy atom. The van der Waals surface area contributed by atoms with Gasteiger partial charge in [-0.15, -0.1) is 0 Å². The molecule has 1 saturated carbocycles. The van der Waals surface area contributed by atoms with Gasteiger partial charge in [-0.3, -0.25) is 4.90 Å². The Bertz CT molecular complexity index is 449. The molecule has 1 fully saturated rings. The summed E-state index contributed by atoms with van der Waals surface area (Å²) in [6.07, 6.45) is 2.49. The molecule has 0 amide bonds. The molecule has 0 bridgehead atoms. The quantitative estimate of drug-likeness (QED) is 0.841. The van der Waals surface area contributed by atoms with Crippen LogP contribution in [-0.2, 0) is 6.54 Å². The third-order valence-corrected chi connectivity index (χ3v) is 3.95. The lowest BCUT2D eigenvalue weighted by molar-refractivity contribution is 0.212. The van der Waals surface area contributed by atoms with Gasteiger partial charge in [-0.2, -0.15) is 0 Å². The molecule has 1 unspecified atom stereocenters. The van der Waals surface area contributed by atoms with E-state index in [2.05, 4.69) is 4.90 Å². The van der Waals surface area contributed by atoms with Crippen molar-refractivity contribution >= 4 is 11.6 Å². The van der Waals surface area contributed by atoms with Crippen molar-refractivity contribution in [1.82, 2.24) is 4.90 Å². The zero-order valence-electron chi connectivity index (χ0n) is 11.4. The standard InChI is InChI=1S/C14H21ClN2O2/c1-17(12(7-16)9-3-4-9)8-10-5-11(15)6-13(19-2)14(10)18/h5-6,9,12,18H,3-4,7-8,16H2,1-2H3. The number of ether oxygens (including phenoxy) is 1. The van der Waals surface area contributed by atoms with Crippen LogP contribution < -0.4 is 10.5 Å². The predicted octanol–water partition coefficient (Wildman–Crippen LogP) is 2.22. The molecular weight excluding hydrogens is 264 g/mol. The Hall–Kier alpha value is -0.970. The van der Waals surface area contributed by atoms with Crippen molar-refractivity contribution in [3.05, 3.63) is 22.7 Å². The lowest BCUT2D eigenvalue weighted by Crippen LogP contribution is -2.39. The van der Waals surface area contributed by atoms with Gasteiger partial charge in [0.25, 0.3) is 0 Å². The molecular formula is C14H21ClN2O2. The van der Waals surface area contributed by atoms with E-state index in [0.717, 1.165) is 5.56 Å². The molecule has 1 aliphatic rings. The first-order valence-electron chi connectivity index (χ1n) is 6.52. The Morgan fingerprint density at radius 1 is 1.53 bits per heavy atom. The summed E-state index contributed by atoms with van der Waals surface area (Å²) in [6.45, 7) is 1.25. The van der Waals surface area contributed by atoms with Crippen molar-refractivity contribution < 1.29 is 9.84 Å². The summed E-state index contributed by atoms with van der Waals surface area (Å²) >= 11 is 6.04. The first kappa shape index (κ1) is 14.4. The molecule has 1 atom stereocenters. The molecule has 0 spiro atoms. The van der Waals surface area contributed by atoms with Crippen molar-refractivity contribution in [2.45, 2.75) is 25.4 Å². The third-order valence-electron chi connectivity index (χ3n) is 3.73. The van der Waals surface area contributed by atoms with Gasteiger partial charge in [0.2, 0.25) is 0 Å². The van der Waals surface area contributed by atoms with E-state index in [1.54, 1.807) is 12.1 Å². The summed E-state index contributed by atoms with van der Waals surface area (Å²) in [5.74, 6) is 1.26. The molecule has 19 heavy (non-hydrogen) atoms. The van der Waals surface area contributed by atoms with Crippen LogP contribution in [0.1, 0.15) is 18.4 Å². The molecule has 0 heterocycles. The molecule has 0 aliphatic heterocycles. The summed E-state index contributed by atoms with van der Waals surface area (Å²) in [5, 5.41) is 10.7. The number of likely N-dealkylation sites (N-methyl/N-ethyl adjacent to an activating group) is 1. The molecule has 1 aromatic carbocycles. The zero-order chi connectivity index (χ0) is 14.0.